The summed E-state index contributed by atoms with van der Waals surface area (Å²) in [6, 6.07) is 33.8. The second-order valence-electron chi connectivity index (χ2n) is 9.29. The number of fused-ring (bicyclic) bond motifs is 7. The fourth-order valence-corrected chi connectivity index (χ4v) is 6.84. The lowest BCUT2D eigenvalue weighted by Gasteiger charge is -2.35. The summed E-state index contributed by atoms with van der Waals surface area (Å²) in [6.07, 6.45) is 8.23. The summed E-state index contributed by atoms with van der Waals surface area (Å²) in [7, 11) is 0. The number of rotatable bonds is 2. The highest BCUT2D eigenvalue weighted by atomic mass is 79.9. The van der Waals surface area contributed by atoms with Crippen molar-refractivity contribution in [3.8, 4) is 11.1 Å². The molecule has 0 saturated carbocycles. The van der Waals surface area contributed by atoms with Gasteiger partial charge in [0, 0.05) is 4.47 Å². The summed E-state index contributed by atoms with van der Waals surface area (Å²) < 4.78 is 1.12. The number of hydrogen-bond acceptors (Lipinski definition) is 0. The van der Waals surface area contributed by atoms with Crippen LogP contribution in [0.15, 0.2) is 113 Å². The minimum atomic E-state index is -0.295. The Hall–Kier alpha value is -3.16. The van der Waals surface area contributed by atoms with Crippen molar-refractivity contribution in [2.45, 2.75) is 24.7 Å². The Kier molecular flexibility index (Phi) is 4.20. The van der Waals surface area contributed by atoms with Crippen molar-refractivity contribution in [3.05, 3.63) is 147 Å². The maximum Gasteiger partial charge on any atom is 0.0710 e. The molecule has 0 radical (unpaired) electrons. The maximum atomic E-state index is 3.77. The molecular weight excluding hydrogens is 464 g/mol. The summed E-state index contributed by atoms with van der Waals surface area (Å²) in [5, 5.41) is 0. The van der Waals surface area contributed by atoms with Crippen molar-refractivity contribution in [2.24, 2.45) is 0 Å². The fraction of sp³-hybridized carbons (Fsp3) is 0.125. The predicted molar refractivity (Wildman–Crippen MR) is 140 cm³/mol. The van der Waals surface area contributed by atoms with Crippen molar-refractivity contribution in [1.82, 2.24) is 0 Å². The largest absolute Gasteiger partial charge is 0.0788 e. The van der Waals surface area contributed by atoms with E-state index >= 15 is 0 Å². The van der Waals surface area contributed by atoms with E-state index in [1.165, 1.54) is 55.7 Å². The molecule has 1 heteroatoms. The molecule has 4 aromatic carbocycles. The molecule has 0 bridgehead atoms. The van der Waals surface area contributed by atoms with E-state index in [4.69, 9.17) is 0 Å². The first-order valence-electron chi connectivity index (χ1n) is 11.8. The van der Waals surface area contributed by atoms with Crippen molar-refractivity contribution in [1.29, 1.82) is 0 Å². The van der Waals surface area contributed by atoms with Gasteiger partial charge in [0.2, 0.25) is 0 Å². The molecule has 7 rings (SSSR count). The Morgan fingerprint density at radius 3 is 2.33 bits per heavy atom. The van der Waals surface area contributed by atoms with Crippen LogP contribution in [0.1, 0.15) is 46.2 Å². The lowest BCUT2D eigenvalue weighted by Crippen LogP contribution is -2.29. The Bertz CT molecular complexity index is 1490. The first-order chi connectivity index (χ1) is 16.3. The van der Waals surface area contributed by atoms with Gasteiger partial charge in [0.1, 0.15) is 0 Å². The first-order valence-corrected chi connectivity index (χ1v) is 12.6. The van der Waals surface area contributed by atoms with Crippen LogP contribution in [0.25, 0.3) is 16.7 Å². The highest BCUT2D eigenvalue weighted by Crippen LogP contribution is 2.61. The van der Waals surface area contributed by atoms with E-state index in [0.29, 0.717) is 0 Å². The zero-order valence-electron chi connectivity index (χ0n) is 18.3. The quantitative estimate of drug-likeness (QED) is 0.234. The summed E-state index contributed by atoms with van der Waals surface area (Å²) in [4.78, 5) is 0. The lowest BCUT2D eigenvalue weighted by atomic mass is 9.66. The highest BCUT2D eigenvalue weighted by Gasteiger charge is 2.50. The molecule has 0 N–H and O–H groups in total. The molecule has 1 atom stereocenters. The topological polar surface area (TPSA) is 0 Å². The van der Waals surface area contributed by atoms with Crippen LogP contribution < -0.4 is 0 Å². The molecule has 3 aliphatic carbocycles. The molecule has 0 nitrogen and oxygen atoms in total. The predicted octanol–water partition coefficient (Wildman–Crippen LogP) is 8.47. The zero-order chi connectivity index (χ0) is 22.0. The summed E-state index contributed by atoms with van der Waals surface area (Å²) >= 11 is 3.77. The first kappa shape index (κ1) is 19.3. The Morgan fingerprint density at radius 2 is 1.45 bits per heavy atom. The van der Waals surface area contributed by atoms with Gasteiger partial charge in [0.25, 0.3) is 0 Å². The molecule has 0 spiro atoms. The van der Waals surface area contributed by atoms with Gasteiger partial charge in [-0.3, -0.25) is 0 Å². The van der Waals surface area contributed by atoms with Crippen molar-refractivity contribution in [3.63, 3.8) is 0 Å². The molecule has 0 fully saturated rings. The van der Waals surface area contributed by atoms with Gasteiger partial charge in [0.05, 0.1) is 5.41 Å². The second kappa shape index (κ2) is 7.17. The van der Waals surface area contributed by atoms with Crippen LogP contribution in [0.4, 0.5) is 0 Å². The molecule has 33 heavy (non-hydrogen) atoms. The van der Waals surface area contributed by atoms with E-state index in [9.17, 15) is 0 Å². The Balaban J connectivity index is 1.61. The van der Waals surface area contributed by atoms with Crippen LogP contribution in [-0.4, -0.2) is 0 Å². The molecular formula is C32H23Br. The molecule has 0 heterocycles. The number of halogens is 1. The third-order valence-corrected chi connectivity index (χ3v) is 8.18. The SMILES string of the molecule is Brc1cccc(C2(c3ccccc3)C3=CCCC=C3c3c2ccc2c3Cc3ccccc3-2)c1. The van der Waals surface area contributed by atoms with E-state index < -0.39 is 0 Å². The van der Waals surface area contributed by atoms with Gasteiger partial charge in [-0.15, -0.1) is 0 Å². The van der Waals surface area contributed by atoms with Crippen molar-refractivity contribution < 1.29 is 0 Å². The molecule has 4 aromatic rings. The van der Waals surface area contributed by atoms with Crippen LogP contribution in [0.2, 0.25) is 0 Å². The van der Waals surface area contributed by atoms with Gasteiger partial charge >= 0.3 is 0 Å². The van der Waals surface area contributed by atoms with Gasteiger partial charge in [-0.2, -0.15) is 0 Å². The van der Waals surface area contributed by atoms with Gasteiger partial charge in [-0.25, -0.2) is 0 Å². The molecule has 0 aliphatic heterocycles. The summed E-state index contributed by atoms with van der Waals surface area (Å²) in [5.41, 5.74) is 13.9. The van der Waals surface area contributed by atoms with Gasteiger partial charge in [-0.05, 0) is 87.0 Å². The van der Waals surface area contributed by atoms with Crippen LogP contribution in [0.3, 0.4) is 0 Å². The normalized spacial score (nSPS) is 19.8. The molecule has 158 valence electrons. The van der Waals surface area contributed by atoms with Crippen LogP contribution >= 0.6 is 15.9 Å². The average Bonchev–Trinajstić information content (AvgIpc) is 3.38. The maximum absolute atomic E-state index is 3.77. The minimum Gasteiger partial charge on any atom is -0.0788 e. The van der Waals surface area contributed by atoms with Gasteiger partial charge in [-0.1, -0.05) is 107 Å². The molecule has 0 aromatic heterocycles. The van der Waals surface area contributed by atoms with Crippen molar-refractivity contribution >= 4 is 21.5 Å². The second-order valence-corrected chi connectivity index (χ2v) is 10.2. The van der Waals surface area contributed by atoms with E-state index in [-0.39, 0.29) is 5.41 Å². The Labute approximate surface area is 203 Å². The number of hydrogen-bond donors (Lipinski definition) is 0. The van der Waals surface area contributed by atoms with Gasteiger partial charge < -0.3 is 0 Å². The lowest BCUT2D eigenvalue weighted by molar-refractivity contribution is 0.757. The van der Waals surface area contributed by atoms with E-state index in [1.54, 1.807) is 0 Å². The monoisotopic (exact) mass is 486 g/mol. The smallest absolute Gasteiger partial charge is 0.0710 e. The van der Waals surface area contributed by atoms with Crippen LogP contribution in [0.5, 0.6) is 0 Å². The average molecular weight is 487 g/mol. The number of allylic oxidation sites excluding steroid dienone is 4. The minimum absolute atomic E-state index is 0.295. The van der Waals surface area contributed by atoms with E-state index in [1.807, 2.05) is 0 Å². The van der Waals surface area contributed by atoms with Crippen LogP contribution in [0, 0.1) is 0 Å². The van der Waals surface area contributed by atoms with E-state index in [2.05, 4.69) is 119 Å². The zero-order valence-corrected chi connectivity index (χ0v) is 19.9. The third kappa shape index (κ3) is 2.57. The highest BCUT2D eigenvalue weighted by molar-refractivity contribution is 9.10. The Morgan fingerprint density at radius 1 is 0.667 bits per heavy atom. The molecule has 1 unspecified atom stereocenters. The molecule has 3 aliphatic rings. The fourth-order valence-electron chi connectivity index (χ4n) is 6.44. The van der Waals surface area contributed by atoms with Crippen LogP contribution in [-0.2, 0) is 11.8 Å². The molecule has 0 amide bonds. The van der Waals surface area contributed by atoms with E-state index in [0.717, 1.165) is 23.7 Å². The van der Waals surface area contributed by atoms with Gasteiger partial charge in [0.15, 0.2) is 0 Å². The third-order valence-electron chi connectivity index (χ3n) is 7.68. The summed E-state index contributed by atoms with van der Waals surface area (Å²) in [5.74, 6) is 0. The molecule has 0 saturated heterocycles. The standard InChI is InChI=1S/C32H23Br/c33-24-13-8-12-23(20-24)32(22-10-2-1-3-11-22)29-16-7-6-15-27(29)31-28-19-21-9-4-5-14-25(21)26(28)17-18-30(31)32/h1-5,8-18,20H,6-7,19H2. The van der Waals surface area contributed by atoms with Crippen molar-refractivity contribution in [2.75, 3.05) is 0 Å². The number of benzene rings is 4. The summed E-state index contributed by atoms with van der Waals surface area (Å²) in [6.45, 7) is 0.